The van der Waals surface area contributed by atoms with Crippen molar-refractivity contribution in [1.29, 1.82) is 0 Å². The molecule has 2 aromatic rings. The maximum absolute atomic E-state index is 11.7. The molecule has 0 aliphatic carbocycles. The number of carbonyl (C=O) groups is 1. The van der Waals surface area contributed by atoms with E-state index in [4.69, 9.17) is 0 Å². The van der Waals surface area contributed by atoms with Gasteiger partial charge in [0.25, 0.3) is 5.91 Å². The van der Waals surface area contributed by atoms with Gasteiger partial charge in [0, 0.05) is 16.6 Å². The second kappa shape index (κ2) is 3.08. The van der Waals surface area contributed by atoms with Crippen molar-refractivity contribution in [1.82, 2.24) is 0 Å². The Labute approximate surface area is 94.3 Å². The molecule has 1 amide bonds. The molecule has 1 aliphatic rings. The third kappa shape index (κ3) is 1.10. The summed E-state index contributed by atoms with van der Waals surface area (Å²) in [5.41, 5.74) is 3.05. The van der Waals surface area contributed by atoms with Gasteiger partial charge in [0.1, 0.15) is 0 Å². The molecule has 1 heterocycles. The van der Waals surface area contributed by atoms with Crippen LogP contribution in [0.3, 0.4) is 0 Å². The zero-order chi connectivity index (χ0) is 11.3. The normalized spacial score (nSPS) is 13.6. The summed E-state index contributed by atoms with van der Waals surface area (Å²) in [4.78, 5) is 11.7. The van der Waals surface area contributed by atoms with E-state index in [1.807, 2.05) is 18.2 Å². The molecule has 0 fully saturated rings. The average molecular weight is 211 g/mol. The molecule has 0 saturated carbocycles. The Morgan fingerprint density at radius 3 is 2.69 bits per heavy atom. The SMILES string of the molecule is CC(C)c1ccc2c3c(cccc13)C(=O)N2. The Bertz CT molecular complexity index is 599. The Kier molecular flexibility index (Phi) is 1.81. The Morgan fingerprint density at radius 2 is 1.94 bits per heavy atom. The van der Waals surface area contributed by atoms with Crippen molar-refractivity contribution in [3.05, 3.63) is 41.5 Å². The number of rotatable bonds is 1. The summed E-state index contributed by atoms with van der Waals surface area (Å²) in [5, 5.41) is 5.18. The van der Waals surface area contributed by atoms with Gasteiger partial charge in [-0.2, -0.15) is 0 Å². The molecule has 2 aromatic carbocycles. The summed E-state index contributed by atoms with van der Waals surface area (Å²) >= 11 is 0. The Morgan fingerprint density at radius 1 is 1.12 bits per heavy atom. The highest BCUT2D eigenvalue weighted by atomic mass is 16.1. The monoisotopic (exact) mass is 211 g/mol. The lowest BCUT2D eigenvalue weighted by Crippen LogP contribution is -2.03. The zero-order valence-corrected chi connectivity index (χ0v) is 9.37. The smallest absolute Gasteiger partial charge is 0.256 e. The number of nitrogens with one attached hydrogen (secondary N) is 1. The van der Waals surface area contributed by atoms with E-state index in [1.54, 1.807) is 0 Å². The summed E-state index contributed by atoms with van der Waals surface area (Å²) in [5.74, 6) is 0.488. The molecule has 2 nitrogen and oxygen atoms in total. The maximum Gasteiger partial charge on any atom is 0.256 e. The first-order valence-electron chi connectivity index (χ1n) is 5.55. The van der Waals surface area contributed by atoms with Gasteiger partial charge in [0.05, 0.1) is 0 Å². The van der Waals surface area contributed by atoms with Crippen molar-refractivity contribution in [2.75, 3.05) is 5.32 Å². The van der Waals surface area contributed by atoms with Gasteiger partial charge in [0.15, 0.2) is 0 Å². The van der Waals surface area contributed by atoms with Crippen molar-refractivity contribution in [2.24, 2.45) is 0 Å². The van der Waals surface area contributed by atoms with Gasteiger partial charge in [-0.15, -0.1) is 0 Å². The number of benzene rings is 2. The fraction of sp³-hybridized carbons (Fsp3) is 0.214. The lowest BCUT2D eigenvalue weighted by molar-refractivity contribution is 0.103. The highest BCUT2D eigenvalue weighted by Gasteiger charge is 2.22. The summed E-state index contributed by atoms with van der Waals surface area (Å²) in [6.45, 7) is 4.35. The molecule has 3 rings (SSSR count). The van der Waals surface area contributed by atoms with Gasteiger partial charge in [-0.05, 0) is 29.0 Å². The number of hydrogen-bond acceptors (Lipinski definition) is 1. The zero-order valence-electron chi connectivity index (χ0n) is 9.37. The van der Waals surface area contributed by atoms with E-state index in [2.05, 4.69) is 31.3 Å². The van der Waals surface area contributed by atoms with E-state index in [9.17, 15) is 4.79 Å². The summed E-state index contributed by atoms with van der Waals surface area (Å²) in [6, 6.07) is 10.1. The van der Waals surface area contributed by atoms with Gasteiger partial charge in [-0.1, -0.05) is 32.0 Å². The minimum atomic E-state index is 0.0153. The van der Waals surface area contributed by atoms with Crippen LogP contribution in [0, 0.1) is 0 Å². The van der Waals surface area contributed by atoms with Crippen molar-refractivity contribution in [3.8, 4) is 0 Å². The molecule has 0 saturated heterocycles. The largest absolute Gasteiger partial charge is 0.321 e. The third-order valence-electron chi connectivity index (χ3n) is 3.19. The standard InChI is InChI=1S/C14H13NO/c1-8(2)9-6-7-12-13-10(9)4-3-5-11(13)14(16)15-12/h3-8H,1-2H3,(H,15,16). The topological polar surface area (TPSA) is 29.1 Å². The predicted molar refractivity (Wildman–Crippen MR) is 66.0 cm³/mol. The van der Waals surface area contributed by atoms with Crippen LogP contribution in [-0.2, 0) is 0 Å². The number of anilines is 1. The van der Waals surface area contributed by atoms with Crippen molar-refractivity contribution in [3.63, 3.8) is 0 Å². The predicted octanol–water partition coefficient (Wildman–Crippen LogP) is 3.53. The summed E-state index contributed by atoms with van der Waals surface area (Å²) in [7, 11) is 0. The first-order valence-corrected chi connectivity index (χ1v) is 5.55. The quantitative estimate of drug-likeness (QED) is 0.768. The molecule has 0 spiro atoms. The van der Waals surface area contributed by atoms with Crippen LogP contribution in [0.5, 0.6) is 0 Å². The molecule has 0 aromatic heterocycles. The molecule has 16 heavy (non-hydrogen) atoms. The highest BCUT2D eigenvalue weighted by molar-refractivity contribution is 6.24. The van der Waals surface area contributed by atoms with Gasteiger partial charge in [-0.25, -0.2) is 0 Å². The molecular formula is C14H13NO. The second-order valence-electron chi connectivity index (χ2n) is 4.54. The van der Waals surface area contributed by atoms with E-state index >= 15 is 0 Å². The minimum absolute atomic E-state index is 0.0153. The first kappa shape index (κ1) is 9.40. The van der Waals surface area contributed by atoms with Crippen molar-refractivity contribution >= 4 is 22.4 Å². The van der Waals surface area contributed by atoms with Crippen LogP contribution in [0.15, 0.2) is 30.3 Å². The van der Waals surface area contributed by atoms with Crippen LogP contribution in [0.25, 0.3) is 10.8 Å². The molecule has 0 unspecified atom stereocenters. The second-order valence-corrected chi connectivity index (χ2v) is 4.54. The maximum atomic E-state index is 11.7. The van der Waals surface area contributed by atoms with Crippen LogP contribution in [0.2, 0.25) is 0 Å². The van der Waals surface area contributed by atoms with E-state index in [0.29, 0.717) is 5.92 Å². The van der Waals surface area contributed by atoms with E-state index in [1.165, 1.54) is 10.9 Å². The lowest BCUT2D eigenvalue weighted by atomic mass is 9.94. The highest BCUT2D eigenvalue weighted by Crippen LogP contribution is 2.36. The molecule has 2 heteroatoms. The summed E-state index contributed by atoms with van der Waals surface area (Å²) < 4.78 is 0. The van der Waals surface area contributed by atoms with Crippen molar-refractivity contribution in [2.45, 2.75) is 19.8 Å². The van der Waals surface area contributed by atoms with Crippen LogP contribution >= 0.6 is 0 Å². The van der Waals surface area contributed by atoms with E-state index in [-0.39, 0.29) is 5.91 Å². The van der Waals surface area contributed by atoms with Gasteiger partial charge < -0.3 is 5.32 Å². The average Bonchev–Trinajstić information content (AvgIpc) is 2.58. The van der Waals surface area contributed by atoms with Crippen molar-refractivity contribution < 1.29 is 4.79 Å². The van der Waals surface area contributed by atoms with Crippen LogP contribution in [0.4, 0.5) is 5.69 Å². The minimum Gasteiger partial charge on any atom is -0.321 e. The fourth-order valence-corrected chi connectivity index (χ4v) is 2.42. The van der Waals surface area contributed by atoms with Crippen LogP contribution in [0.1, 0.15) is 35.7 Å². The molecule has 1 N–H and O–H groups in total. The van der Waals surface area contributed by atoms with Gasteiger partial charge in [-0.3, -0.25) is 4.79 Å². The molecule has 80 valence electrons. The Balaban J connectivity index is 2.46. The van der Waals surface area contributed by atoms with Gasteiger partial charge >= 0.3 is 0 Å². The number of amides is 1. The molecule has 0 bridgehead atoms. The van der Waals surface area contributed by atoms with E-state index in [0.717, 1.165) is 16.6 Å². The molecule has 0 radical (unpaired) electrons. The van der Waals surface area contributed by atoms with E-state index < -0.39 is 0 Å². The van der Waals surface area contributed by atoms with Gasteiger partial charge in [0.2, 0.25) is 0 Å². The molecule has 0 atom stereocenters. The lowest BCUT2D eigenvalue weighted by Gasteiger charge is -2.10. The number of hydrogen-bond donors (Lipinski definition) is 1. The number of carbonyl (C=O) groups excluding carboxylic acids is 1. The third-order valence-corrected chi connectivity index (χ3v) is 3.19. The molecule has 1 aliphatic heterocycles. The Hall–Kier alpha value is -1.83. The first-order chi connectivity index (χ1) is 7.68. The van der Waals surface area contributed by atoms with Crippen LogP contribution < -0.4 is 5.32 Å². The fourth-order valence-electron chi connectivity index (χ4n) is 2.42. The summed E-state index contributed by atoms with van der Waals surface area (Å²) in [6.07, 6.45) is 0. The van der Waals surface area contributed by atoms with Crippen LogP contribution in [-0.4, -0.2) is 5.91 Å². The molecular weight excluding hydrogens is 198 g/mol.